The van der Waals surface area contributed by atoms with Gasteiger partial charge in [0.15, 0.2) is 11.5 Å². The third kappa shape index (κ3) is 2.74. The highest BCUT2D eigenvalue weighted by molar-refractivity contribution is 5.72. The van der Waals surface area contributed by atoms with Gasteiger partial charge in [0.25, 0.3) is 0 Å². The fourth-order valence-corrected chi connectivity index (χ4v) is 3.25. The molecule has 3 aromatic rings. The quantitative estimate of drug-likeness (QED) is 0.744. The van der Waals surface area contributed by atoms with E-state index < -0.39 is 0 Å². The average molecular weight is 311 g/mol. The van der Waals surface area contributed by atoms with E-state index in [9.17, 15) is 0 Å². The molecular formula is C17H21N5O. The fraction of sp³-hybridized carbons (Fsp3) is 0.471. The van der Waals surface area contributed by atoms with E-state index in [-0.39, 0.29) is 0 Å². The normalized spacial score (nSPS) is 19.5. The van der Waals surface area contributed by atoms with Gasteiger partial charge >= 0.3 is 0 Å². The maximum absolute atomic E-state index is 5.96. The molecular weight excluding hydrogens is 290 g/mol. The van der Waals surface area contributed by atoms with Crippen LogP contribution in [0.4, 0.5) is 0 Å². The zero-order valence-corrected chi connectivity index (χ0v) is 13.6. The standard InChI is InChI=1S/C17H21N5O/c1-12-19-20-16(21(12)2)11-22-9-5-6-13(10-22)17-18-14-7-3-4-8-15(14)23-17/h3-4,7-8,13H,5-6,9-11H2,1-2H3/t13-/m1/s1. The van der Waals surface area contributed by atoms with Crippen LogP contribution in [0.15, 0.2) is 28.7 Å². The van der Waals surface area contributed by atoms with Crippen molar-refractivity contribution < 1.29 is 4.42 Å². The van der Waals surface area contributed by atoms with E-state index in [1.54, 1.807) is 0 Å². The number of oxazole rings is 1. The molecule has 0 radical (unpaired) electrons. The molecule has 6 heteroatoms. The van der Waals surface area contributed by atoms with Crippen LogP contribution in [-0.2, 0) is 13.6 Å². The van der Waals surface area contributed by atoms with Crippen LogP contribution in [0, 0.1) is 6.92 Å². The van der Waals surface area contributed by atoms with E-state index in [2.05, 4.69) is 24.6 Å². The molecule has 1 saturated heterocycles. The van der Waals surface area contributed by atoms with Gasteiger partial charge in [-0.2, -0.15) is 0 Å². The van der Waals surface area contributed by atoms with E-state index >= 15 is 0 Å². The molecule has 1 aliphatic heterocycles. The second kappa shape index (κ2) is 5.77. The lowest BCUT2D eigenvalue weighted by atomic mass is 9.98. The van der Waals surface area contributed by atoms with Gasteiger partial charge in [0, 0.05) is 19.5 Å². The molecule has 1 fully saturated rings. The molecule has 1 aromatic carbocycles. The van der Waals surface area contributed by atoms with Crippen LogP contribution in [-0.4, -0.2) is 37.7 Å². The van der Waals surface area contributed by atoms with Gasteiger partial charge in [0.1, 0.15) is 17.2 Å². The number of likely N-dealkylation sites (tertiary alicyclic amines) is 1. The van der Waals surface area contributed by atoms with Crippen LogP contribution in [0.25, 0.3) is 11.1 Å². The molecule has 6 nitrogen and oxygen atoms in total. The molecule has 0 amide bonds. The van der Waals surface area contributed by atoms with Crippen LogP contribution in [0.5, 0.6) is 0 Å². The van der Waals surface area contributed by atoms with E-state index in [0.29, 0.717) is 5.92 Å². The van der Waals surface area contributed by atoms with Crippen molar-refractivity contribution in [3.63, 3.8) is 0 Å². The Bertz CT molecular complexity index is 788. The maximum atomic E-state index is 5.96. The number of aromatic nitrogens is 4. The smallest absolute Gasteiger partial charge is 0.199 e. The monoisotopic (exact) mass is 311 g/mol. The first kappa shape index (κ1) is 14.4. The first-order chi connectivity index (χ1) is 11.2. The Morgan fingerprint density at radius 1 is 1.26 bits per heavy atom. The summed E-state index contributed by atoms with van der Waals surface area (Å²) >= 11 is 0. The predicted octanol–water partition coefficient (Wildman–Crippen LogP) is 2.64. The number of fused-ring (bicyclic) bond motifs is 1. The van der Waals surface area contributed by atoms with Gasteiger partial charge in [0.2, 0.25) is 0 Å². The van der Waals surface area contributed by atoms with Crippen molar-refractivity contribution in [2.45, 2.75) is 32.2 Å². The van der Waals surface area contributed by atoms with E-state index in [4.69, 9.17) is 4.42 Å². The minimum absolute atomic E-state index is 0.352. The molecule has 0 saturated carbocycles. The average Bonchev–Trinajstić information content (AvgIpc) is 3.14. The lowest BCUT2D eigenvalue weighted by molar-refractivity contribution is 0.182. The fourth-order valence-electron chi connectivity index (χ4n) is 3.25. The summed E-state index contributed by atoms with van der Waals surface area (Å²) in [6, 6.07) is 7.97. The molecule has 3 heterocycles. The molecule has 120 valence electrons. The van der Waals surface area contributed by atoms with Crippen LogP contribution >= 0.6 is 0 Å². The summed E-state index contributed by atoms with van der Waals surface area (Å²) in [6.45, 7) is 4.85. The second-order valence-electron chi connectivity index (χ2n) is 6.32. The SMILES string of the molecule is Cc1nnc(CN2CCC[C@@H](c3nc4ccccc4o3)C2)n1C. The number of para-hydroxylation sites is 2. The van der Waals surface area contributed by atoms with Gasteiger partial charge < -0.3 is 8.98 Å². The molecule has 4 rings (SSSR count). The van der Waals surface area contributed by atoms with Crippen LogP contribution in [0.3, 0.4) is 0 Å². The maximum Gasteiger partial charge on any atom is 0.199 e. The minimum atomic E-state index is 0.352. The van der Waals surface area contributed by atoms with Gasteiger partial charge in [-0.15, -0.1) is 10.2 Å². The zero-order valence-electron chi connectivity index (χ0n) is 13.6. The number of rotatable bonds is 3. The Balaban J connectivity index is 1.51. The van der Waals surface area contributed by atoms with Gasteiger partial charge in [-0.1, -0.05) is 12.1 Å². The van der Waals surface area contributed by atoms with Gasteiger partial charge in [-0.05, 0) is 38.4 Å². The second-order valence-corrected chi connectivity index (χ2v) is 6.32. The third-order valence-electron chi connectivity index (χ3n) is 4.71. The van der Waals surface area contributed by atoms with Gasteiger partial charge in [-0.3, -0.25) is 4.90 Å². The molecule has 0 N–H and O–H groups in total. The van der Waals surface area contributed by atoms with Gasteiger partial charge in [0.05, 0.1) is 6.54 Å². The van der Waals surface area contributed by atoms with Gasteiger partial charge in [-0.25, -0.2) is 4.98 Å². The minimum Gasteiger partial charge on any atom is -0.440 e. The van der Waals surface area contributed by atoms with Crippen LogP contribution in [0.1, 0.15) is 36.3 Å². The van der Waals surface area contributed by atoms with E-state index in [1.165, 1.54) is 0 Å². The lowest BCUT2D eigenvalue weighted by Crippen LogP contribution is -2.34. The number of aryl methyl sites for hydroxylation is 1. The van der Waals surface area contributed by atoms with Crippen molar-refractivity contribution in [2.75, 3.05) is 13.1 Å². The van der Waals surface area contributed by atoms with Crippen molar-refractivity contribution in [1.82, 2.24) is 24.6 Å². The molecule has 0 bridgehead atoms. The summed E-state index contributed by atoms with van der Waals surface area (Å²) in [5.41, 5.74) is 1.83. The Morgan fingerprint density at radius 2 is 2.13 bits per heavy atom. The summed E-state index contributed by atoms with van der Waals surface area (Å²) in [7, 11) is 2.02. The molecule has 0 spiro atoms. The highest BCUT2D eigenvalue weighted by Gasteiger charge is 2.26. The number of piperidine rings is 1. The van der Waals surface area contributed by atoms with E-state index in [0.717, 1.165) is 61.1 Å². The number of hydrogen-bond donors (Lipinski definition) is 0. The number of nitrogens with zero attached hydrogens (tertiary/aromatic N) is 5. The largest absolute Gasteiger partial charge is 0.440 e. The molecule has 23 heavy (non-hydrogen) atoms. The molecule has 1 aliphatic rings. The topological polar surface area (TPSA) is 60.0 Å². The number of hydrogen-bond acceptors (Lipinski definition) is 5. The molecule has 0 unspecified atom stereocenters. The van der Waals surface area contributed by atoms with Crippen LogP contribution in [0.2, 0.25) is 0 Å². The summed E-state index contributed by atoms with van der Waals surface area (Å²) in [5.74, 6) is 3.18. The Kier molecular flexibility index (Phi) is 3.61. The summed E-state index contributed by atoms with van der Waals surface area (Å²) in [5, 5.41) is 8.42. The number of benzene rings is 1. The Labute approximate surface area is 135 Å². The Hall–Kier alpha value is -2.21. The van der Waals surface area contributed by atoms with Crippen molar-refractivity contribution in [3.8, 4) is 0 Å². The van der Waals surface area contributed by atoms with Crippen molar-refractivity contribution in [2.24, 2.45) is 7.05 Å². The first-order valence-corrected chi connectivity index (χ1v) is 8.13. The van der Waals surface area contributed by atoms with E-state index in [1.807, 2.05) is 38.2 Å². The Morgan fingerprint density at radius 3 is 2.91 bits per heavy atom. The first-order valence-electron chi connectivity index (χ1n) is 8.13. The van der Waals surface area contributed by atoms with Crippen molar-refractivity contribution >= 4 is 11.1 Å². The molecule has 2 aromatic heterocycles. The third-order valence-corrected chi connectivity index (χ3v) is 4.71. The molecule has 0 aliphatic carbocycles. The highest BCUT2D eigenvalue weighted by Crippen LogP contribution is 2.29. The lowest BCUT2D eigenvalue weighted by Gasteiger charge is -2.30. The molecule has 1 atom stereocenters. The summed E-state index contributed by atoms with van der Waals surface area (Å²) in [6.07, 6.45) is 2.28. The highest BCUT2D eigenvalue weighted by atomic mass is 16.3. The summed E-state index contributed by atoms with van der Waals surface area (Å²) < 4.78 is 8.02. The van der Waals surface area contributed by atoms with Crippen LogP contribution < -0.4 is 0 Å². The summed E-state index contributed by atoms with van der Waals surface area (Å²) in [4.78, 5) is 7.10. The van der Waals surface area contributed by atoms with Crippen molar-refractivity contribution in [3.05, 3.63) is 41.8 Å². The van der Waals surface area contributed by atoms with Crippen molar-refractivity contribution in [1.29, 1.82) is 0 Å². The zero-order chi connectivity index (χ0) is 15.8. The predicted molar refractivity (Wildman–Crippen MR) is 87.0 cm³/mol.